The van der Waals surface area contributed by atoms with E-state index in [-0.39, 0.29) is 20.8 Å². The summed E-state index contributed by atoms with van der Waals surface area (Å²) in [5.74, 6) is -12.0. The molecule has 0 radical (unpaired) electrons. The third-order valence-electron chi connectivity index (χ3n) is 3.27. The van der Waals surface area contributed by atoms with Crippen LogP contribution < -0.4 is 4.74 Å². The fourth-order valence-corrected chi connectivity index (χ4v) is 2.45. The van der Waals surface area contributed by atoms with Crippen LogP contribution in [0.25, 0.3) is 0 Å². The lowest BCUT2D eigenvalue weighted by Gasteiger charge is -2.16. The maximum absolute atomic E-state index is 13.5. The van der Waals surface area contributed by atoms with Gasteiger partial charge in [-0.3, -0.25) is 0 Å². The molecule has 27 heavy (non-hydrogen) atoms. The average Bonchev–Trinajstić information content (AvgIpc) is 2.62. The first-order valence-corrected chi connectivity index (χ1v) is 8.16. The maximum Gasteiger partial charge on any atom is 0.347 e. The van der Waals surface area contributed by atoms with Crippen molar-refractivity contribution in [3.8, 4) is 5.75 Å². The molecule has 0 fully saturated rings. The SMILES string of the molecule is CC(Oc1cc(Cl)c(Cl)cc1Cl)C(=O)OCc1c(F)c(F)c(F)c(F)c1F. The van der Waals surface area contributed by atoms with Crippen LogP contribution in [0, 0.1) is 29.1 Å². The number of carbonyl (C=O) groups is 1. The average molecular weight is 450 g/mol. The van der Waals surface area contributed by atoms with E-state index in [4.69, 9.17) is 39.5 Å². The third kappa shape index (κ3) is 4.56. The highest BCUT2D eigenvalue weighted by Crippen LogP contribution is 2.34. The van der Waals surface area contributed by atoms with E-state index >= 15 is 0 Å². The Labute approximate surface area is 164 Å². The zero-order valence-electron chi connectivity index (χ0n) is 13.2. The largest absolute Gasteiger partial charge is 0.477 e. The topological polar surface area (TPSA) is 35.5 Å². The molecular formula is C16H8Cl3F5O3. The van der Waals surface area contributed by atoms with Crippen LogP contribution >= 0.6 is 34.8 Å². The minimum absolute atomic E-state index is 0.0174. The lowest BCUT2D eigenvalue weighted by molar-refractivity contribution is -0.152. The molecular weight excluding hydrogens is 442 g/mol. The predicted molar refractivity (Wildman–Crippen MR) is 87.6 cm³/mol. The summed E-state index contributed by atoms with van der Waals surface area (Å²) in [5, 5.41) is 0.234. The number of ether oxygens (including phenoxy) is 2. The fraction of sp³-hybridized carbons (Fsp3) is 0.188. The van der Waals surface area contributed by atoms with Gasteiger partial charge in [0.2, 0.25) is 5.82 Å². The number of benzene rings is 2. The van der Waals surface area contributed by atoms with Crippen LogP contribution in [0.5, 0.6) is 5.75 Å². The summed E-state index contributed by atoms with van der Waals surface area (Å²) in [6.45, 7) is 0.00709. The highest BCUT2D eigenvalue weighted by molar-refractivity contribution is 6.43. The number of rotatable bonds is 5. The van der Waals surface area contributed by atoms with Gasteiger partial charge >= 0.3 is 5.97 Å². The van der Waals surface area contributed by atoms with Crippen molar-refractivity contribution in [2.75, 3.05) is 0 Å². The van der Waals surface area contributed by atoms with Gasteiger partial charge in [-0.1, -0.05) is 34.8 Å². The van der Waals surface area contributed by atoms with Gasteiger partial charge in [-0.25, -0.2) is 26.7 Å². The summed E-state index contributed by atoms with van der Waals surface area (Å²) in [7, 11) is 0. The van der Waals surface area contributed by atoms with Gasteiger partial charge in [0, 0.05) is 6.07 Å². The van der Waals surface area contributed by atoms with Gasteiger partial charge in [-0.05, 0) is 13.0 Å². The van der Waals surface area contributed by atoms with Crippen molar-refractivity contribution < 1.29 is 36.2 Å². The lowest BCUT2D eigenvalue weighted by atomic mass is 10.2. The summed E-state index contributed by atoms with van der Waals surface area (Å²) in [5.41, 5.74) is -1.29. The first kappa shape index (κ1) is 21.5. The molecule has 11 heteroatoms. The van der Waals surface area contributed by atoms with Crippen LogP contribution in [0.4, 0.5) is 22.0 Å². The van der Waals surface area contributed by atoms with Gasteiger partial charge in [0.25, 0.3) is 0 Å². The van der Waals surface area contributed by atoms with E-state index in [0.717, 1.165) is 0 Å². The van der Waals surface area contributed by atoms with Gasteiger partial charge in [0.05, 0.1) is 20.6 Å². The second-order valence-electron chi connectivity index (χ2n) is 5.11. The number of hydrogen-bond acceptors (Lipinski definition) is 3. The highest BCUT2D eigenvalue weighted by atomic mass is 35.5. The number of halogens is 8. The van der Waals surface area contributed by atoms with E-state index in [9.17, 15) is 26.7 Å². The molecule has 2 rings (SSSR count). The summed E-state index contributed by atoms with van der Waals surface area (Å²) in [6, 6.07) is 2.48. The summed E-state index contributed by atoms with van der Waals surface area (Å²) in [4.78, 5) is 11.9. The monoisotopic (exact) mass is 448 g/mol. The van der Waals surface area contributed by atoms with E-state index in [0.29, 0.717) is 0 Å². The molecule has 0 N–H and O–H groups in total. The predicted octanol–water partition coefficient (Wildman–Crippen LogP) is 5.85. The Bertz CT molecular complexity index is 879. The van der Waals surface area contributed by atoms with Crippen molar-refractivity contribution in [3.63, 3.8) is 0 Å². The Hall–Kier alpha value is -1.77. The Morgan fingerprint density at radius 3 is 1.93 bits per heavy atom. The van der Waals surface area contributed by atoms with Crippen molar-refractivity contribution in [3.05, 3.63) is 61.9 Å². The molecule has 0 saturated heterocycles. The molecule has 0 aliphatic heterocycles. The molecule has 0 bridgehead atoms. The molecule has 146 valence electrons. The van der Waals surface area contributed by atoms with E-state index in [1.54, 1.807) is 0 Å². The Balaban J connectivity index is 2.12. The van der Waals surface area contributed by atoms with E-state index in [1.165, 1.54) is 19.1 Å². The van der Waals surface area contributed by atoms with Gasteiger partial charge in [0.15, 0.2) is 29.4 Å². The fourth-order valence-electron chi connectivity index (χ4n) is 1.87. The molecule has 0 spiro atoms. The highest BCUT2D eigenvalue weighted by Gasteiger charge is 2.27. The minimum atomic E-state index is -2.31. The normalized spacial score (nSPS) is 12.0. The van der Waals surface area contributed by atoms with Crippen LogP contribution in [0.1, 0.15) is 12.5 Å². The first-order valence-electron chi connectivity index (χ1n) is 7.02. The molecule has 2 aromatic carbocycles. The molecule has 1 unspecified atom stereocenters. The summed E-state index contributed by atoms with van der Waals surface area (Å²) in [6.07, 6.45) is -1.35. The van der Waals surface area contributed by atoms with Gasteiger partial charge < -0.3 is 9.47 Å². The minimum Gasteiger partial charge on any atom is -0.477 e. The Morgan fingerprint density at radius 1 is 0.889 bits per heavy atom. The van der Waals surface area contributed by atoms with Crippen molar-refractivity contribution in [1.29, 1.82) is 0 Å². The number of hydrogen-bond donors (Lipinski definition) is 0. The van der Waals surface area contributed by atoms with Crippen molar-refractivity contribution >= 4 is 40.8 Å². The molecule has 3 nitrogen and oxygen atoms in total. The van der Waals surface area contributed by atoms with Crippen LogP contribution in [-0.4, -0.2) is 12.1 Å². The second kappa shape index (κ2) is 8.50. The second-order valence-corrected chi connectivity index (χ2v) is 6.33. The summed E-state index contributed by atoms with van der Waals surface area (Å²) >= 11 is 17.4. The Morgan fingerprint density at radius 2 is 1.37 bits per heavy atom. The van der Waals surface area contributed by atoms with Crippen LogP contribution in [0.3, 0.4) is 0 Å². The van der Waals surface area contributed by atoms with E-state index < -0.39 is 53.3 Å². The van der Waals surface area contributed by atoms with Crippen molar-refractivity contribution in [2.24, 2.45) is 0 Å². The van der Waals surface area contributed by atoms with E-state index in [2.05, 4.69) is 4.74 Å². The van der Waals surface area contributed by atoms with Crippen LogP contribution in [0.2, 0.25) is 15.1 Å². The molecule has 0 aliphatic carbocycles. The molecule has 1 atom stereocenters. The van der Waals surface area contributed by atoms with Crippen LogP contribution in [0.15, 0.2) is 12.1 Å². The molecule has 2 aromatic rings. The third-order valence-corrected chi connectivity index (χ3v) is 4.29. The Kier molecular flexibility index (Phi) is 6.77. The standard InChI is InChI=1S/C16H8Cl3F5O3/c1-5(27-10-3-8(18)7(17)2-9(10)19)16(25)26-4-6-11(20)13(22)15(24)14(23)12(6)21/h2-3,5H,4H2,1H3. The summed E-state index contributed by atoms with van der Waals surface area (Å²) < 4.78 is 76.1. The van der Waals surface area contributed by atoms with Gasteiger partial charge in [-0.15, -0.1) is 0 Å². The van der Waals surface area contributed by atoms with Gasteiger partial charge in [0.1, 0.15) is 12.4 Å². The van der Waals surface area contributed by atoms with E-state index in [1.807, 2.05) is 0 Å². The smallest absolute Gasteiger partial charge is 0.347 e. The zero-order chi connectivity index (χ0) is 20.5. The van der Waals surface area contributed by atoms with Crippen molar-refractivity contribution in [1.82, 2.24) is 0 Å². The maximum atomic E-state index is 13.5. The molecule has 0 aromatic heterocycles. The zero-order valence-corrected chi connectivity index (χ0v) is 15.5. The van der Waals surface area contributed by atoms with Gasteiger partial charge in [-0.2, -0.15) is 0 Å². The van der Waals surface area contributed by atoms with Crippen LogP contribution in [-0.2, 0) is 16.1 Å². The quantitative estimate of drug-likeness (QED) is 0.248. The number of esters is 1. The molecule has 0 amide bonds. The first-order chi connectivity index (χ1) is 12.5. The van der Waals surface area contributed by atoms with Crippen molar-refractivity contribution in [2.45, 2.75) is 19.6 Å². The molecule has 0 saturated carbocycles. The number of carbonyl (C=O) groups excluding carboxylic acids is 1. The molecule has 0 heterocycles. The molecule has 0 aliphatic rings. The lowest BCUT2D eigenvalue weighted by Crippen LogP contribution is -2.26.